The predicted molar refractivity (Wildman–Crippen MR) is 101 cm³/mol. The van der Waals surface area contributed by atoms with Gasteiger partial charge in [0.1, 0.15) is 6.10 Å². The average Bonchev–Trinajstić information content (AvgIpc) is 2.64. The molecule has 0 radical (unpaired) electrons. The van der Waals surface area contributed by atoms with Gasteiger partial charge in [-0.25, -0.2) is 0 Å². The van der Waals surface area contributed by atoms with Gasteiger partial charge in [0.25, 0.3) is 0 Å². The number of hydrogen-bond acceptors (Lipinski definition) is 5. The molecule has 4 unspecified atom stereocenters. The van der Waals surface area contributed by atoms with Crippen LogP contribution in [0.25, 0.3) is 0 Å². The molecule has 5 nitrogen and oxygen atoms in total. The van der Waals surface area contributed by atoms with E-state index in [1.807, 2.05) is 13.8 Å². The first-order valence-corrected chi connectivity index (χ1v) is 10.3. The molecule has 0 aromatic rings. The van der Waals surface area contributed by atoms with Crippen molar-refractivity contribution in [2.75, 3.05) is 0 Å². The Hall–Kier alpha value is -0.620. The van der Waals surface area contributed by atoms with E-state index in [1.165, 1.54) is 0 Å². The number of aliphatic hydroxyl groups excluding tert-OH is 1. The predicted octanol–water partition coefficient (Wildman–Crippen LogP) is 4.10. The van der Waals surface area contributed by atoms with Gasteiger partial charge in [-0.15, -0.1) is 0 Å². The van der Waals surface area contributed by atoms with Crippen LogP contribution in [0.1, 0.15) is 61.3 Å². The molecule has 0 spiro atoms. The Morgan fingerprint density at radius 1 is 0.846 bits per heavy atom. The molecule has 2 fully saturated rings. The monoisotopic (exact) mass is 370 g/mol. The van der Waals surface area contributed by atoms with Crippen LogP contribution < -0.4 is 0 Å². The summed E-state index contributed by atoms with van der Waals surface area (Å²) in [5.74, 6) is 1.23. The minimum Gasteiger partial charge on any atom is -0.470 e. The fourth-order valence-electron chi connectivity index (χ4n) is 4.18. The van der Waals surface area contributed by atoms with Gasteiger partial charge in [-0.3, -0.25) is 0 Å². The van der Waals surface area contributed by atoms with Gasteiger partial charge in [0.05, 0.1) is 24.6 Å². The van der Waals surface area contributed by atoms with E-state index in [9.17, 15) is 5.11 Å². The summed E-state index contributed by atoms with van der Waals surface area (Å²) in [6, 6.07) is 0. The van der Waals surface area contributed by atoms with Gasteiger partial charge >= 0.3 is 0 Å². The van der Waals surface area contributed by atoms with E-state index in [0.717, 1.165) is 12.8 Å². The van der Waals surface area contributed by atoms with Crippen molar-refractivity contribution in [3.63, 3.8) is 0 Å². The van der Waals surface area contributed by atoms with Gasteiger partial charge < -0.3 is 24.1 Å². The Bertz CT molecular complexity index is 450. The quantitative estimate of drug-likeness (QED) is 0.714. The third kappa shape index (κ3) is 4.44. The van der Waals surface area contributed by atoms with E-state index in [-0.39, 0.29) is 30.5 Å². The molecule has 0 bridgehead atoms. The summed E-state index contributed by atoms with van der Waals surface area (Å²) in [6.45, 7) is 14.9. The highest BCUT2D eigenvalue weighted by Gasteiger charge is 2.47. The maximum Gasteiger partial charge on any atom is 0.225 e. The van der Waals surface area contributed by atoms with E-state index in [1.54, 1.807) is 12.3 Å². The summed E-state index contributed by atoms with van der Waals surface area (Å²) in [4.78, 5) is 0. The molecule has 152 valence electrons. The van der Waals surface area contributed by atoms with Gasteiger partial charge in [0.15, 0.2) is 6.29 Å². The van der Waals surface area contributed by atoms with Crippen LogP contribution in [-0.4, -0.2) is 42.1 Å². The molecule has 2 rings (SSSR count). The van der Waals surface area contributed by atoms with Gasteiger partial charge in [-0.1, -0.05) is 47.6 Å². The Balaban J connectivity index is 2.11. The van der Waals surface area contributed by atoms with Crippen LogP contribution in [-0.2, 0) is 18.9 Å². The summed E-state index contributed by atoms with van der Waals surface area (Å²) in [5, 5.41) is 10.6. The number of aliphatic hydroxyl groups is 1. The van der Waals surface area contributed by atoms with Crippen LogP contribution in [0, 0.1) is 23.7 Å². The van der Waals surface area contributed by atoms with Crippen LogP contribution in [0.4, 0.5) is 0 Å². The van der Waals surface area contributed by atoms with Crippen molar-refractivity contribution in [2.24, 2.45) is 23.7 Å². The minimum atomic E-state index is -0.740. The van der Waals surface area contributed by atoms with E-state index in [4.69, 9.17) is 18.9 Å². The summed E-state index contributed by atoms with van der Waals surface area (Å²) >= 11 is 0. The highest BCUT2D eigenvalue weighted by molar-refractivity contribution is 4.90. The largest absolute Gasteiger partial charge is 0.470 e. The second-order valence-electron chi connectivity index (χ2n) is 8.04. The van der Waals surface area contributed by atoms with Gasteiger partial charge in [-0.05, 0) is 31.6 Å². The normalized spacial score (nSPS) is 47.2. The van der Waals surface area contributed by atoms with E-state index in [0.29, 0.717) is 17.8 Å². The van der Waals surface area contributed by atoms with Crippen molar-refractivity contribution in [1.29, 1.82) is 0 Å². The SMILES string of the molecule is C/C=C/O[C@@H]1OC(CC)[C@H](O[C@@H]2OC(CC)[C@H](C)[C@H](C)C2C)[C@H](C)C1O. The van der Waals surface area contributed by atoms with Crippen molar-refractivity contribution in [3.05, 3.63) is 12.3 Å². The minimum absolute atomic E-state index is 0.102. The van der Waals surface area contributed by atoms with Crippen LogP contribution in [0.5, 0.6) is 0 Å². The summed E-state index contributed by atoms with van der Waals surface area (Å²) in [6.07, 6.45) is 3.33. The fraction of sp³-hybridized carbons (Fsp3) is 0.905. The lowest BCUT2D eigenvalue weighted by Gasteiger charge is -2.48. The molecule has 1 N–H and O–H groups in total. The molecule has 0 aromatic heterocycles. The van der Waals surface area contributed by atoms with Crippen LogP contribution >= 0.6 is 0 Å². The lowest BCUT2D eigenvalue weighted by molar-refractivity contribution is -0.326. The first-order chi connectivity index (χ1) is 12.3. The maximum absolute atomic E-state index is 10.6. The molecular formula is C21H38O5. The molecule has 0 saturated carbocycles. The van der Waals surface area contributed by atoms with Crippen molar-refractivity contribution in [2.45, 2.75) is 98.3 Å². The first-order valence-electron chi connectivity index (χ1n) is 10.3. The van der Waals surface area contributed by atoms with Crippen molar-refractivity contribution in [1.82, 2.24) is 0 Å². The number of hydrogen-bond donors (Lipinski definition) is 1. The second kappa shape index (κ2) is 9.54. The molecule has 5 heteroatoms. The zero-order valence-electron chi connectivity index (χ0n) is 17.4. The van der Waals surface area contributed by atoms with Crippen LogP contribution in [0.3, 0.4) is 0 Å². The molecule has 2 aliphatic rings. The highest BCUT2D eigenvalue weighted by atomic mass is 16.7. The second-order valence-corrected chi connectivity index (χ2v) is 8.04. The van der Waals surface area contributed by atoms with E-state index < -0.39 is 12.4 Å². The summed E-state index contributed by atoms with van der Waals surface area (Å²) in [5.41, 5.74) is 0. The van der Waals surface area contributed by atoms with E-state index >= 15 is 0 Å². The maximum atomic E-state index is 10.6. The molecule has 26 heavy (non-hydrogen) atoms. The van der Waals surface area contributed by atoms with Crippen LogP contribution in [0.15, 0.2) is 12.3 Å². The zero-order valence-corrected chi connectivity index (χ0v) is 17.4. The molecule has 0 aromatic carbocycles. The molecule has 0 aliphatic carbocycles. The zero-order chi connectivity index (χ0) is 19.4. The van der Waals surface area contributed by atoms with Gasteiger partial charge in [-0.2, -0.15) is 0 Å². The summed E-state index contributed by atoms with van der Waals surface area (Å²) in [7, 11) is 0. The van der Waals surface area contributed by atoms with E-state index in [2.05, 4.69) is 34.6 Å². The average molecular weight is 371 g/mol. The van der Waals surface area contributed by atoms with Gasteiger partial charge in [0.2, 0.25) is 6.29 Å². The standard InChI is InChI=1S/C21H38O5/c1-8-11-23-21-18(22)15(7)19(17(10-3)25-21)26-20-14(6)12(4)13(5)16(9-2)24-20/h8,11-22H,9-10H2,1-7H3/b11-8+/t12-,13+,14?,15+,16?,17?,18?,19+,20-,21+/m0/s1. The van der Waals surface area contributed by atoms with Crippen molar-refractivity contribution < 1.29 is 24.1 Å². The molecule has 2 heterocycles. The third-order valence-electron chi connectivity index (χ3n) is 6.44. The number of ether oxygens (including phenoxy) is 4. The molecule has 0 amide bonds. The third-order valence-corrected chi connectivity index (χ3v) is 6.44. The van der Waals surface area contributed by atoms with Gasteiger partial charge in [0, 0.05) is 11.8 Å². The Labute approximate surface area is 159 Å². The Morgan fingerprint density at radius 3 is 2.04 bits per heavy atom. The molecular weight excluding hydrogens is 332 g/mol. The van der Waals surface area contributed by atoms with Crippen LogP contribution in [0.2, 0.25) is 0 Å². The molecule has 2 aliphatic heterocycles. The first kappa shape index (κ1) is 21.7. The number of allylic oxidation sites excluding steroid dienone is 1. The van der Waals surface area contributed by atoms with Crippen molar-refractivity contribution in [3.8, 4) is 0 Å². The topological polar surface area (TPSA) is 57.2 Å². The summed E-state index contributed by atoms with van der Waals surface area (Å²) < 4.78 is 24.3. The van der Waals surface area contributed by atoms with Crippen molar-refractivity contribution >= 4 is 0 Å². The highest BCUT2D eigenvalue weighted by Crippen LogP contribution is 2.39. The lowest BCUT2D eigenvalue weighted by Crippen LogP contribution is -2.57. The fourth-order valence-corrected chi connectivity index (χ4v) is 4.18. The Kier molecular flexibility index (Phi) is 7.95. The lowest BCUT2D eigenvalue weighted by atomic mass is 9.78. The smallest absolute Gasteiger partial charge is 0.225 e. The molecule has 10 atom stereocenters. The molecule has 2 saturated heterocycles. The number of rotatable bonds is 6. The Morgan fingerprint density at radius 2 is 1.46 bits per heavy atom.